The molecule has 1 atom stereocenters. The lowest BCUT2D eigenvalue weighted by molar-refractivity contribution is -0.205. The largest absolute Gasteiger partial charge is 0.473 e. The van der Waals surface area contributed by atoms with E-state index in [1.807, 2.05) is 0 Å². The van der Waals surface area contributed by atoms with Gasteiger partial charge in [-0.05, 0) is 0 Å². The van der Waals surface area contributed by atoms with E-state index in [2.05, 4.69) is 9.72 Å². The van der Waals surface area contributed by atoms with Gasteiger partial charge in [-0.3, -0.25) is 0 Å². The molecule has 0 aliphatic rings. The van der Waals surface area contributed by atoms with E-state index in [1.165, 1.54) is 7.11 Å². The number of alkyl halides is 3. The van der Waals surface area contributed by atoms with Crippen molar-refractivity contribution in [3.05, 3.63) is 11.1 Å². The van der Waals surface area contributed by atoms with Crippen LogP contribution in [0.25, 0.3) is 0 Å². The molecule has 0 unspecified atom stereocenters. The van der Waals surface area contributed by atoms with Gasteiger partial charge in [-0.2, -0.15) is 13.2 Å². The summed E-state index contributed by atoms with van der Waals surface area (Å²) in [4.78, 5) is 3.23. The van der Waals surface area contributed by atoms with Crippen LogP contribution in [0.2, 0.25) is 0 Å². The van der Waals surface area contributed by atoms with Crippen molar-refractivity contribution in [2.45, 2.75) is 12.3 Å². The number of hydrogen-bond acceptors (Lipinski definition) is 4. The monoisotopic (exact) mass is 213 g/mol. The van der Waals surface area contributed by atoms with Crippen LogP contribution in [0.15, 0.2) is 6.20 Å². The summed E-state index contributed by atoms with van der Waals surface area (Å²) in [6, 6.07) is 0. The van der Waals surface area contributed by atoms with Crippen LogP contribution in [0.4, 0.5) is 13.2 Å². The van der Waals surface area contributed by atoms with Gasteiger partial charge in [0.15, 0.2) is 6.10 Å². The summed E-state index contributed by atoms with van der Waals surface area (Å²) in [6.07, 6.45) is -6.19. The molecule has 0 aliphatic carbocycles. The van der Waals surface area contributed by atoms with E-state index >= 15 is 0 Å². The SMILES string of the molecule is COc1ncc([C@@H](O)C(F)(F)F)s1. The first kappa shape index (κ1) is 10.3. The Morgan fingerprint density at radius 1 is 1.62 bits per heavy atom. The molecule has 0 fully saturated rings. The number of aliphatic hydroxyl groups is 1. The summed E-state index contributed by atoms with van der Waals surface area (Å²) in [6.45, 7) is 0. The molecule has 1 rings (SSSR count). The van der Waals surface area contributed by atoms with Crippen LogP contribution in [-0.2, 0) is 0 Å². The van der Waals surface area contributed by atoms with Gasteiger partial charge in [0.05, 0.1) is 12.0 Å². The molecule has 0 radical (unpaired) electrons. The van der Waals surface area contributed by atoms with Gasteiger partial charge in [0.1, 0.15) is 0 Å². The van der Waals surface area contributed by atoms with Gasteiger partial charge in [0, 0.05) is 6.20 Å². The van der Waals surface area contributed by atoms with Crippen molar-refractivity contribution in [1.82, 2.24) is 4.98 Å². The molecule has 0 saturated carbocycles. The number of thiazole rings is 1. The quantitative estimate of drug-likeness (QED) is 0.813. The van der Waals surface area contributed by atoms with E-state index in [9.17, 15) is 13.2 Å². The zero-order valence-electron chi connectivity index (χ0n) is 6.50. The molecule has 1 heterocycles. The highest BCUT2D eigenvalue weighted by molar-refractivity contribution is 7.13. The highest BCUT2D eigenvalue weighted by Gasteiger charge is 2.40. The third-order valence-electron chi connectivity index (χ3n) is 1.26. The third kappa shape index (κ3) is 2.31. The summed E-state index contributed by atoms with van der Waals surface area (Å²) >= 11 is 0.665. The summed E-state index contributed by atoms with van der Waals surface area (Å²) in [5.74, 6) is 0. The Kier molecular flexibility index (Phi) is 2.77. The molecular weight excluding hydrogens is 207 g/mol. The van der Waals surface area contributed by atoms with Crippen molar-refractivity contribution in [1.29, 1.82) is 0 Å². The molecule has 0 aliphatic heterocycles. The number of ether oxygens (including phenoxy) is 1. The molecule has 0 bridgehead atoms. The lowest BCUT2D eigenvalue weighted by Crippen LogP contribution is -2.18. The third-order valence-corrected chi connectivity index (χ3v) is 2.27. The van der Waals surface area contributed by atoms with E-state index < -0.39 is 12.3 Å². The van der Waals surface area contributed by atoms with E-state index in [-0.39, 0.29) is 10.1 Å². The Hall–Kier alpha value is -0.820. The Balaban J connectivity index is 2.83. The van der Waals surface area contributed by atoms with E-state index in [0.717, 1.165) is 6.20 Å². The highest BCUT2D eigenvalue weighted by Crippen LogP contribution is 2.36. The summed E-state index contributed by atoms with van der Waals surface area (Å²) in [5, 5.41) is 8.85. The van der Waals surface area contributed by atoms with Gasteiger partial charge in [0.25, 0.3) is 5.19 Å². The number of nitrogens with zero attached hydrogens (tertiary/aromatic N) is 1. The Morgan fingerprint density at radius 2 is 2.23 bits per heavy atom. The first-order valence-corrected chi connectivity index (χ1v) is 4.01. The van der Waals surface area contributed by atoms with Crippen molar-refractivity contribution in [2.75, 3.05) is 7.11 Å². The number of halogens is 3. The molecule has 7 heteroatoms. The number of aromatic nitrogens is 1. The van der Waals surface area contributed by atoms with E-state index in [1.54, 1.807) is 0 Å². The smallest absolute Gasteiger partial charge is 0.419 e. The maximum atomic E-state index is 11.9. The average molecular weight is 213 g/mol. The molecule has 0 spiro atoms. The second kappa shape index (κ2) is 3.51. The van der Waals surface area contributed by atoms with Gasteiger partial charge in [-0.25, -0.2) is 4.98 Å². The summed E-state index contributed by atoms with van der Waals surface area (Å²) in [7, 11) is 1.29. The van der Waals surface area contributed by atoms with E-state index in [0.29, 0.717) is 11.3 Å². The number of rotatable bonds is 2. The molecule has 13 heavy (non-hydrogen) atoms. The topological polar surface area (TPSA) is 42.4 Å². The van der Waals surface area contributed by atoms with Crippen molar-refractivity contribution in [2.24, 2.45) is 0 Å². The van der Waals surface area contributed by atoms with Crippen molar-refractivity contribution in [3.8, 4) is 5.19 Å². The minimum atomic E-state index is -4.66. The minimum absolute atomic E-state index is 0.0956. The normalized spacial score (nSPS) is 14.2. The molecule has 0 amide bonds. The van der Waals surface area contributed by atoms with Crippen LogP contribution in [-0.4, -0.2) is 23.4 Å². The predicted octanol–water partition coefficient (Wildman–Crippen LogP) is 1.75. The average Bonchev–Trinajstić information content (AvgIpc) is 2.48. The van der Waals surface area contributed by atoms with Crippen LogP contribution in [0, 0.1) is 0 Å². The predicted molar refractivity (Wildman–Crippen MR) is 39.7 cm³/mol. The Bertz CT molecular complexity index is 286. The van der Waals surface area contributed by atoms with Crippen LogP contribution < -0.4 is 4.74 Å². The molecule has 74 valence electrons. The zero-order chi connectivity index (χ0) is 10.1. The fourth-order valence-electron chi connectivity index (χ4n) is 0.652. The highest BCUT2D eigenvalue weighted by atomic mass is 32.1. The molecule has 0 saturated heterocycles. The molecule has 3 nitrogen and oxygen atoms in total. The van der Waals surface area contributed by atoms with E-state index in [4.69, 9.17) is 5.11 Å². The summed E-state index contributed by atoms with van der Waals surface area (Å²) in [5.41, 5.74) is 0. The second-order valence-electron chi connectivity index (χ2n) is 2.18. The maximum Gasteiger partial charge on any atom is 0.419 e. The van der Waals surface area contributed by atoms with Crippen LogP contribution >= 0.6 is 11.3 Å². The second-order valence-corrected chi connectivity index (χ2v) is 3.20. The van der Waals surface area contributed by atoms with Crippen molar-refractivity contribution in [3.63, 3.8) is 0 Å². The van der Waals surface area contributed by atoms with Gasteiger partial charge in [-0.15, -0.1) is 0 Å². The lowest BCUT2D eigenvalue weighted by Gasteiger charge is -2.11. The number of hydrogen-bond donors (Lipinski definition) is 1. The molecular formula is C6H6F3NO2S. The maximum absolute atomic E-state index is 11.9. The van der Waals surface area contributed by atoms with Crippen LogP contribution in [0.5, 0.6) is 5.19 Å². The molecule has 1 N–H and O–H groups in total. The standard InChI is InChI=1S/C6H6F3NO2S/c1-12-5-10-2-3(13-5)4(11)6(7,8)9/h2,4,11H,1H3/t4-/m1/s1. The van der Waals surface area contributed by atoms with Gasteiger partial charge < -0.3 is 9.84 Å². The number of aliphatic hydroxyl groups excluding tert-OH is 1. The van der Waals surface area contributed by atoms with Crippen molar-refractivity contribution >= 4 is 11.3 Å². The molecule has 1 aromatic heterocycles. The lowest BCUT2D eigenvalue weighted by atomic mass is 10.3. The van der Waals surface area contributed by atoms with Crippen LogP contribution in [0.3, 0.4) is 0 Å². The first-order valence-electron chi connectivity index (χ1n) is 3.19. The van der Waals surface area contributed by atoms with Gasteiger partial charge in [0.2, 0.25) is 0 Å². The van der Waals surface area contributed by atoms with Gasteiger partial charge in [-0.1, -0.05) is 11.3 Å². The van der Waals surface area contributed by atoms with Crippen LogP contribution in [0.1, 0.15) is 11.0 Å². The first-order chi connectivity index (χ1) is 5.95. The zero-order valence-corrected chi connectivity index (χ0v) is 7.32. The van der Waals surface area contributed by atoms with Crippen molar-refractivity contribution < 1.29 is 23.0 Å². The fraction of sp³-hybridized carbons (Fsp3) is 0.500. The molecule has 0 aromatic carbocycles. The fourth-order valence-corrected chi connectivity index (χ4v) is 1.39. The number of methoxy groups -OCH3 is 1. The Labute approximate surface area is 75.8 Å². The Morgan fingerprint density at radius 3 is 2.62 bits per heavy atom. The van der Waals surface area contributed by atoms with Gasteiger partial charge >= 0.3 is 6.18 Å². The minimum Gasteiger partial charge on any atom is -0.473 e. The summed E-state index contributed by atoms with van der Waals surface area (Å²) < 4.78 is 40.4. The molecule has 1 aromatic rings.